The average Bonchev–Trinajstić information content (AvgIpc) is 3.44. The molecule has 0 saturated heterocycles. The zero-order valence-electron chi connectivity index (χ0n) is 18.2. The molecule has 3 aliphatic rings. The van der Waals surface area contributed by atoms with Crippen molar-refractivity contribution < 1.29 is 9.59 Å². The molecule has 1 atom stereocenters. The van der Waals surface area contributed by atoms with Gasteiger partial charge in [-0.2, -0.15) is 5.10 Å². The lowest BCUT2D eigenvalue weighted by Crippen LogP contribution is -2.31. The van der Waals surface area contributed by atoms with Crippen molar-refractivity contribution in [2.24, 2.45) is 10.9 Å². The molecule has 1 aliphatic heterocycles. The number of dihydropyridines is 1. The summed E-state index contributed by atoms with van der Waals surface area (Å²) in [6.07, 6.45) is 17.1. The van der Waals surface area contributed by atoms with Crippen LogP contribution in [0.2, 0.25) is 0 Å². The number of pyridine rings is 1. The van der Waals surface area contributed by atoms with Crippen molar-refractivity contribution in [3.8, 4) is 0 Å². The minimum atomic E-state index is -0.309. The van der Waals surface area contributed by atoms with E-state index in [0.717, 1.165) is 21.4 Å². The molecule has 1 N–H and O–H groups in total. The Morgan fingerprint density at radius 2 is 2.06 bits per heavy atom. The first-order valence-corrected chi connectivity index (χ1v) is 12.0. The predicted octanol–water partition coefficient (Wildman–Crippen LogP) is 3.56. The second kappa shape index (κ2) is 8.32. The van der Waals surface area contributed by atoms with Crippen molar-refractivity contribution in [2.45, 2.75) is 25.3 Å². The van der Waals surface area contributed by atoms with Crippen LogP contribution in [-0.4, -0.2) is 43.2 Å². The molecule has 2 amide bonds. The summed E-state index contributed by atoms with van der Waals surface area (Å²) in [7, 11) is 0. The number of aliphatic imine (C=N–C) groups is 1. The summed E-state index contributed by atoms with van der Waals surface area (Å²) in [6, 6.07) is 4.21. The van der Waals surface area contributed by atoms with Crippen LogP contribution in [-0.2, 0) is 11.3 Å². The number of nitrogens with zero attached hydrogens (tertiary/aromatic N) is 5. The summed E-state index contributed by atoms with van der Waals surface area (Å²) in [5.41, 5.74) is 5.08. The largest absolute Gasteiger partial charge is 0.348 e. The van der Waals surface area contributed by atoms with E-state index < -0.39 is 0 Å². The van der Waals surface area contributed by atoms with Crippen LogP contribution in [0.25, 0.3) is 5.65 Å². The van der Waals surface area contributed by atoms with Gasteiger partial charge in [-0.1, -0.05) is 28.1 Å². The number of hydrogen-bond donors (Lipinski definition) is 1. The molecule has 1 fully saturated rings. The lowest BCUT2D eigenvalue weighted by atomic mass is 9.88. The second-order valence-corrected chi connectivity index (χ2v) is 9.72. The molecule has 6 rings (SSSR count). The zero-order chi connectivity index (χ0) is 23.2. The van der Waals surface area contributed by atoms with E-state index >= 15 is 0 Å². The highest BCUT2D eigenvalue weighted by molar-refractivity contribution is 9.11. The van der Waals surface area contributed by atoms with Crippen molar-refractivity contribution in [1.29, 1.82) is 0 Å². The molecule has 0 spiro atoms. The molecule has 170 valence electrons. The van der Waals surface area contributed by atoms with Crippen LogP contribution in [0.3, 0.4) is 0 Å². The van der Waals surface area contributed by atoms with Crippen molar-refractivity contribution in [3.05, 3.63) is 88.1 Å². The van der Waals surface area contributed by atoms with Gasteiger partial charge >= 0.3 is 0 Å². The number of rotatable bonds is 6. The summed E-state index contributed by atoms with van der Waals surface area (Å²) in [4.78, 5) is 33.4. The first-order chi connectivity index (χ1) is 16.5. The van der Waals surface area contributed by atoms with Gasteiger partial charge in [0.15, 0.2) is 0 Å². The highest BCUT2D eigenvalue weighted by atomic mass is 79.9. The fourth-order valence-corrected chi connectivity index (χ4v) is 4.75. The minimum Gasteiger partial charge on any atom is -0.348 e. The van der Waals surface area contributed by atoms with E-state index in [4.69, 9.17) is 0 Å². The van der Waals surface area contributed by atoms with Crippen LogP contribution >= 0.6 is 15.9 Å². The van der Waals surface area contributed by atoms with Crippen molar-refractivity contribution in [2.75, 3.05) is 6.54 Å². The number of amides is 2. The summed E-state index contributed by atoms with van der Waals surface area (Å²) in [6.45, 7) is 0.722. The molecule has 1 saturated carbocycles. The summed E-state index contributed by atoms with van der Waals surface area (Å²) in [5, 5.41) is 7.24. The molecule has 34 heavy (non-hydrogen) atoms. The third-order valence-corrected chi connectivity index (χ3v) is 6.78. The maximum Gasteiger partial charge on any atom is 0.270 e. The van der Waals surface area contributed by atoms with E-state index in [2.05, 4.69) is 59.1 Å². The van der Waals surface area contributed by atoms with Crippen LogP contribution in [0.15, 0.2) is 76.3 Å². The third-order valence-electron chi connectivity index (χ3n) is 6.25. The van der Waals surface area contributed by atoms with Gasteiger partial charge in [-0.3, -0.25) is 14.3 Å². The summed E-state index contributed by atoms with van der Waals surface area (Å²) >= 11 is 3.47. The van der Waals surface area contributed by atoms with Gasteiger partial charge in [-0.15, -0.1) is 0 Å². The molecule has 8 nitrogen and oxygen atoms in total. The predicted molar refractivity (Wildman–Crippen MR) is 131 cm³/mol. The third kappa shape index (κ3) is 4.19. The molecular weight excluding hydrogens is 496 g/mol. The molecular formula is C25H21BrN6O2. The van der Waals surface area contributed by atoms with E-state index in [1.165, 1.54) is 24.5 Å². The first kappa shape index (κ1) is 21.0. The Labute approximate surface area is 203 Å². The van der Waals surface area contributed by atoms with E-state index in [-0.39, 0.29) is 24.3 Å². The molecule has 0 bridgehead atoms. The summed E-state index contributed by atoms with van der Waals surface area (Å²) in [5.74, 6) is 0.00438. The van der Waals surface area contributed by atoms with Crippen LogP contribution < -0.4 is 5.32 Å². The van der Waals surface area contributed by atoms with Gasteiger partial charge in [-0.25, -0.2) is 9.98 Å². The molecule has 4 heterocycles. The molecule has 2 aliphatic carbocycles. The van der Waals surface area contributed by atoms with Gasteiger partial charge in [0, 0.05) is 41.6 Å². The number of halogens is 1. The Kier molecular flexibility index (Phi) is 5.13. The number of allylic oxidation sites excluding steroid dienone is 4. The number of carbonyl (C=O) groups excluding carboxylic acids is 2. The Hall–Kier alpha value is -3.59. The number of aromatic nitrogens is 4. The lowest BCUT2D eigenvalue weighted by molar-refractivity contribution is -0.113. The second-order valence-electron chi connectivity index (χ2n) is 8.80. The van der Waals surface area contributed by atoms with Crippen LogP contribution in [0.1, 0.15) is 40.4 Å². The number of carbonyl (C=O) groups is 2. The molecule has 0 radical (unpaired) electrons. The highest BCUT2D eigenvalue weighted by Crippen LogP contribution is 2.39. The van der Waals surface area contributed by atoms with Crippen molar-refractivity contribution >= 4 is 39.1 Å². The molecule has 9 heteroatoms. The Bertz CT molecular complexity index is 1450. The average molecular weight is 517 g/mol. The fourth-order valence-electron chi connectivity index (χ4n) is 4.36. The van der Waals surface area contributed by atoms with Crippen molar-refractivity contribution in [3.63, 3.8) is 0 Å². The minimum absolute atomic E-state index is 0.129. The first-order valence-electron chi connectivity index (χ1n) is 11.2. The molecule has 0 aromatic carbocycles. The van der Waals surface area contributed by atoms with E-state index in [9.17, 15) is 9.59 Å². The molecule has 1 unspecified atom stereocenters. The van der Waals surface area contributed by atoms with Crippen LogP contribution in [0.5, 0.6) is 0 Å². The van der Waals surface area contributed by atoms with E-state index in [1.54, 1.807) is 17.1 Å². The van der Waals surface area contributed by atoms with Gasteiger partial charge in [0.25, 0.3) is 11.8 Å². The lowest BCUT2D eigenvalue weighted by Gasteiger charge is -2.23. The van der Waals surface area contributed by atoms with E-state index in [1.807, 2.05) is 24.4 Å². The number of hydrogen-bond acceptors (Lipinski definition) is 4. The smallest absolute Gasteiger partial charge is 0.270 e. The highest BCUT2D eigenvalue weighted by Gasteiger charge is 2.26. The molecule has 3 aromatic heterocycles. The van der Waals surface area contributed by atoms with Crippen molar-refractivity contribution in [1.82, 2.24) is 24.5 Å². The maximum atomic E-state index is 12.7. The number of nitrogens with one attached hydrogen (secondary N) is 1. The monoisotopic (exact) mass is 516 g/mol. The van der Waals surface area contributed by atoms with Crippen LogP contribution in [0, 0.1) is 5.92 Å². The quantitative estimate of drug-likeness (QED) is 0.541. The van der Waals surface area contributed by atoms with Gasteiger partial charge < -0.3 is 9.72 Å². The SMILES string of the molecule is O=C1C=C(CNC(=O)c2cnn(Cc3cn4cc(C5CC5)ccc4n3)c2)C2C=C(Br)C=CC2=N1. The number of imidazole rings is 1. The maximum absolute atomic E-state index is 12.7. The van der Waals surface area contributed by atoms with Gasteiger partial charge in [0.1, 0.15) is 5.65 Å². The number of fused-ring (bicyclic) bond motifs is 2. The Morgan fingerprint density at radius 3 is 2.91 bits per heavy atom. The Balaban J connectivity index is 1.11. The van der Waals surface area contributed by atoms with Gasteiger partial charge in [0.2, 0.25) is 0 Å². The normalized spacial score (nSPS) is 19.5. The van der Waals surface area contributed by atoms with Gasteiger partial charge in [-0.05, 0) is 48.1 Å². The topological polar surface area (TPSA) is 93.7 Å². The molecule has 3 aromatic rings. The summed E-state index contributed by atoms with van der Waals surface area (Å²) < 4.78 is 4.68. The Morgan fingerprint density at radius 1 is 1.18 bits per heavy atom. The fraction of sp³-hybridized carbons (Fsp3) is 0.240. The van der Waals surface area contributed by atoms with Gasteiger partial charge in [0.05, 0.1) is 29.7 Å². The van der Waals surface area contributed by atoms with Crippen LogP contribution in [0.4, 0.5) is 0 Å². The van der Waals surface area contributed by atoms with E-state index in [0.29, 0.717) is 23.7 Å². The zero-order valence-corrected chi connectivity index (χ0v) is 19.8. The standard InChI is InChI=1S/C25H21BrN6O2/c26-19-4-5-22-21(8-19)17(7-24(33)30-22)9-27-25(34)18-10-28-32(12-18)14-20-13-31-11-16(15-1-2-15)3-6-23(31)29-20/h3-8,10-13,15,21H,1-2,9,14H2,(H,27,34).